The number of hydrogen-bond acceptors (Lipinski definition) is 3. The highest BCUT2D eigenvalue weighted by Crippen LogP contribution is 2.51. The zero-order valence-electron chi connectivity index (χ0n) is 12.1. The summed E-state index contributed by atoms with van der Waals surface area (Å²) in [4.78, 5) is 12.8. The summed E-state index contributed by atoms with van der Waals surface area (Å²) in [6, 6.07) is 10.7. The summed E-state index contributed by atoms with van der Waals surface area (Å²) in [5, 5.41) is 3.89. The predicted octanol–water partition coefficient (Wildman–Crippen LogP) is 4.39. The Hall–Kier alpha value is -1.91. The minimum absolute atomic E-state index is 0.0605. The van der Waals surface area contributed by atoms with Crippen LogP contribution in [0.15, 0.2) is 36.4 Å². The van der Waals surface area contributed by atoms with Gasteiger partial charge in [0.25, 0.3) is 0 Å². The maximum absolute atomic E-state index is 12.8. The van der Waals surface area contributed by atoms with Crippen molar-refractivity contribution in [2.24, 2.45) is 0 Å². The van der Waals surface area contributed by atoms with E-state index in [1.807, 2.05) is 18.2 Å². The highest BCUT2D eigenvalue weighted by Gasteiger charge is 2.51. The molecule has 0 atom stereocenters. The van der Waals surface area contributed by atoms with Crippen LogP contribution in [0.3, 0.4) is 0 Å². The van der Waals surface area contributed by atoms with Crippen molar-refractivity contribution in [1.82, 2.24) is 0 Å². The van der Waals surface area contributed by atoms with Gasteiger partial charge in [0.05, 0.1) is 5.41 Å². The van der Waals surface area contributed by atoms with Crippen molar-refractivity contribution in [1.29, 1.82) is 0 Å². The average Bonchev–Trinajstić information content (AvgIpc) is 3.18. The molecule has 2 aromatic carbocycles. The summed E-state index contributed by atoms with van der Waals surface area (Å²) in [7, 11) is 0. The van der Waals surface area contributed by atoms with Crippen molar-refractivity contribution in [3.8, 4) is 11.5 Å². The van der Waals surface area contributed by atoms with Gasteiger partial charge in [-0.1, -0.05) is 29.3 Å². The normalized spacial score (nSPS) is 17.0. The molecule has 118 valence electrons. The Balaban J connectivity index is 1.60. The van der Waals surface area contributed by atoms with Crippen molar-refractivity contribution in [2.45, 2.75) is 18.3 Å². The van der Waals surface area contributed by atoms with Gasteiger partial charge < -0.3 is 14.8 Å². The molecule has 1 N–H and O–H groups in total. The van der Waals surface area contributed by atoms with E-state index in [1.165, 1.54) is 0 Å². The van der Waals surface area contributed by atoms with E-state index >= 15 is 0 Å². The molecule has 1 amide bonds. The summed E-state index contributed by atoms with van der Waals surface area (Å²) in [6.07, 6.45) is 1.60. The number of anilines is 1. The van der Waals surface area contributed by atoms with E-state index < -0.39 is 5.41 Å². The van der Waals surface area contributed by atoms with Gasteiger partial charge in [-0.05, 0) is 48.7 Å². The lowest BCUT2D eigenvalue weighted by Gasteiger charge is -2.16. The Morgan fingerprint density at radius 2 is 1.70 bits per heavy atom. The van der Waals surface area contributed by atoms with Crippen LogP contribution in [0, 0.1) is 0 Å². The number of ether oxygens (including phenoxy) is 2. The number of rotatable bonds is 3. The van der Waals surface area contributed by atoms with Gasteiger partial charge in [-0.15, -0.1) is 0 Å². The number of hydrogen-bond donors (Lipinski definition) is 1. The summed E-state index contributed by atoms with van der Waals surface area (Å²) < 4.78 is 10.7. The molecule has 1 heterocycles. The number of amides is 1. The van der Waals surface area contributed by atoms with Crippen LogP contribution in [0.1, 0.15) is 18.4 Å². The number of carbonyl (C=O) groups excluding carboxylic acids is 1. The Morgan fingerprint density at radius 3 is 2.39 bits per heavy atom. The lowest BCUT2D eigenvalue weighted by molar-refractivity contribution is -0.118. The van der Waals surface area contributed by atoms with E-state index in [-0.39, 0.29) is 12.7 Å². The monoisotopic (exact) mass is 349 g/mol. The second kappa shape index (κ2) is 5.32. The Labute approximate surface area is 143 Å². The fraction of sp³-hybridized carbons (Fsp3) is 0.235. The molecule has 2 aliphatic rings. The van der Waals surface area contributed by atoms with Crippen LogP contribution in [-0.4, -0.2) is 12.7 Å². The number of fused-ring (bicyclic) bond motifs is 1. The lowest BCUT2D eigenvalue weighted by atomic mass is 9.94. The molecule has 0 spiro atoms. The van der Waals surface area contributed by atoms with Gasteiger partial charge in [-0.3, -0.25) is 4.79 Å². The van der Waals surface area contributed by atoms with Crippen molar-refractivity contribution < 1.29 is 14.3 Å². The van der Waals surface area contributed by atoms with Crippen molar-refractivity contribution >= 4 is 34.8 Å². The van der Waals surface area contributed by atoms with Crippen LogP contribution in [0.4, 0.5) is 5.69 Å². The van der Waals surface area contributed by atoms with Crippen molar-refractivity contribution in [3.63, 3.8) is 0 Å². The SMILES string of the molecule is O=C(Nc1cc(Cl)cc(Cl)c1)C1(c2ccc3c(c2)OCO3)CC1. The van der Waals surface area contributed by atoms with Crippen LogP contribution in [0.2, 0.25) is 10.0 Å². The third kappa shape index (κ3) is 2.62. The molecule has 0 radical (unpaired) electrons. The summed E-state index contributed by atoms with van der Waals surface area (Å²) in [5.41, 5.74) is 1.02. The quantitative estimate of drug-likeness (QED) is 0.893. The van der Waals surface area contributed by atoms with E-state index in [4.69, 9.17) is 32.7 Å². The topological polar surface area (TPSA) is 47.6 Å². The highest BCUT2D eigenvalue weighted by molar-refractivity contribution is 6.35. The van der Waals surface area contributed by atoms with Gasteiger partial charge in [0.2, 0.25) is 12.7 Å². The number of halogens is 2. The number of benzene rings is 2. The Bertz CT molecular complexity index is 782. The van der Waals surface area contributed by atoms with Gasteiger partial charge in [-0.25, -0.2) is 0 Å². The van der Waals surface area contributed by atoms with E-state index in [9.17, 15) is 4.79 Å². The first-order valence-electron chi connectivity index (χ1n) is 7.24. The van der Waals surface area contributed by atoms with Gasteiger partial charge in [0.1, 0.15) is 0 Å². The molecule has 0 bridgehead atoms. The van der Waals surface area contributed by atoms with Crippen LogP contribution in [0.5, 0.6) is 11.5 Å². The molecule has 2 aromatic rings. The van der Waals surface area contributed by atoms with Crippen LogP contribution in [-0.2, 0) is 10.2 Å². The third-order valence-electron chi connectivity index (χ3n) is 4.23. The molecule has 0 unspecified atom stereocenters. The lowest BCUT2D eigenvalue weighted by Crippen LogP contribution is -2.27. The van der Waals surface area contributed by atoms with E-state index in [0.29, 0.717) is 27.2 Å². The predicted molar refractivity (Wildman–Crippen MR) is 88.6 cm³/mol. The van der Waals surface area contributed by atoms with Crippen LogP contribution in [0.25, 0.3) is 0 Å². The molecular formula is C17H13Cl2NO3. The molecule has 0 saturated heterocycles. The van der Waals surface area contributed by atoms with E-state index in [2.05, 4.69) is 5.32 Å². The first-order valence-corrected chi connectivity index (χ1v) is 8.00. The first-order chi connectivity index (χ1) is 11.1. The average molecular weight is 350 g/mol. The van der Waals surface area contributed by atoms with Crippen LogP contribution < -0.4 is 14.8 Å². The summed E-state index contributed by atoms with van der Waals surface area (Å²) in [6.45, 7) is 0.221. The summed E-state index contributed by atoms with van der Waals surface area (Å²) >= 11 is 12.0. The fourth-order valence-electron chi connectivity index (χ4n) is 2.84. The zero-order chi connectivity index (χ0) is 16.0. The molecule has 1 aliphatic heterocycles. The van der Waals surface area contributed by atoms with Crippen molar-refractivity contribution in [3.05, 3.63) is 52.0 Å². The minimum atomic E-state index is -0.518. The second-order valence-electron chi connectivity index (χ2n) is 5.76. The molecule has 6 heteroatoms. The third-order valence-corrected chi connectivity index (χ3v) is 4.67. The van der Waals surface area contributed by atoms with Gasteiger partial charge in [-0.2, -0.15) is 0 Å². The van der Waals surface area contributed by atoms with E-state index in [1.54, 1.807) is 18.2 Å². The van der Waals surface area contributed by atoms with E-state index in [0.717, 1.165) is 18.4 Å². The second-order valence-corrected chi connectivity index (χ2v) is 6.64. The molecule has 1 fully saturated rings. The van der Waals surface area contributed by atoms with Crippen LogP contribution >= 0.6 is 23.2 Å². The van der Waals surface area contributed by atoms with Gasteiger partial charge in [0, 0.05) is 15.7 Å². The Morgan fingerprint density at radius 1 is 1.00 bits per heavy atom. The van der Waals surface area contributed by atoms with Gasteiger partial charge in [0.15, 0.2) is 11.5 Å². The molecule has 0 aromatic heterocycles. The first kappa shape index (κ1) is 14.7. The largest absolute Gasteiger partial charge is 0.454 e. The number of nitrogens with one attached hydrogen (secondary N) is 1. The molecule has 1 aliphatic carbocycles. The highest BCUT2D eigenvalue weighted by atomic mass is 35.5. The van der Waals surface area contributed by atoms with Crippen molar-refractivity contribution in [2.75, 3.05) is 12.1 Å². The molecule has 4 rings (SSSR count). The zero-order valence-corrected chi connectivity index (χ0v) is 13.6. The molecule has 4 nitrogen and oxygen atoms in total. The standard InChI is InChI=1S/C17H13Cl2NO3/c18-11-6-12(19)8-13(7-11)20-16(21)17(3-4-17)10-1-2-14-15(5-10)23-9-22-14/h1-2,5-8H,3-4,9H2,(H,20,21). The Kier molecular flexibility index (Phi) is 3.39. The minimum Gasteiger partial charge on any atom is -0.454 e. The van der Waals surface area contributed by atoms with Gasteiger partial charge >= 0.3 is 0 Å². The summed E-state index contributed by atoms with van der Waals surface area (Å²) in [5.74, 6) is 1.34. The smallest absolute Gasteiger partial charge is 0.235 e. The molecule has 23 heavy (non-hydrogen) atoms. The maximum atomic E-state index is 12.8. The number of carbonyl (C=O) groups is 1. The molecule has 1 saturated carbocycles. The molecular weight excluding hydrogens is 337 g/mol. The fourth-order valence-corrected chi connectivity index (χ4v) is 3.37. The maximum Gasteiger partial charge on any atom is 0.235 e.